The lowest BCUT2D eigenvalue weighted by Crippen LogP contribution is -2.13. The average molecular weight is 284 g/mol. The van der Waals surface area contributed by atoms with Crippen molar-refractivity contribution in [2.45, 2.75) is 31.0 Å². The zero-order chi connectivity index (χ0) is 13.8. The van der Waals surface area contributed by atoms with E-state index in [4.69, 9.17) is 0 Å². The summed E-state index contributed by atoms with van der Waals surface area (Å²) in [7, 11) is -0.0865. The van der Waals surface area contributed by atoms with Crippen LogP contribution in [0.3, 0.4) is 0 Å². The van der Waals surface area contributed by atoms with Crippen LogP contribution in [0.2, 0.25) is 0 Å². The zero-order valence-corrected chi connectivity index (χ0v) is 12.5. The highest BCUT2D eigenvalue weighted by atomic mass is 31.1. The summed E-state index contributed by atoms with van der Waals surface area (Å²) in [4.78, 5) is 0. The fourth-order valence-corrected chi connectivity index (χ4v) is 6.18. The third kappa shape index (κ3) is 3.11. The van der Waals surface area contributed by atoms with Crippen molar-refractivity contribution in [2.75, 3.05) is 6.16 Å². The predicted molar refractivity (Wildman–Crippen MR) is 86.9 cm³/mol. The topological polar surface area (TPSA) is 20.2 Å². The molecule has 3 rings (SSSR count). The van der Waals surface area contributed by atoms with Gasteiger partial charge < -0.3 is 5.11 Å². The summed E-state index contributed by atoms with van der Waals surface area (Å²) >= 11 is 0. The van der Waals surface area contributed by atoms with Crippen LogP contribution in [-0.2, 0) is 0 Å². The maximum absolute atomic E-state index is 10.5. The van der Waals surface area contributed by atoms with E-state index in [1.807, 2.05) is 30.3 Å². The van der Waals surface area contributed by atoms with E-state index < -0.39 is 0 Å². The second kappa shape index (κ2) is 6.52. The highest BCUT2D eigenvalue weighted by Crippen LogP contribution is 2.51. The summed E-state index contributed by atoms with van der Waals surface area (Å²) in [6.07, 6.45) is 4.50. The highest BCUT2D eigenvalue weighted by Gasteiger charge is 2.29. The van der Waals surface area contributed by atoms with E-state index in [0.717, 1.165) is 12.0 Å². The minimum absolute atomic E-state index is 0.0865. The molecule has 1 fully saturated rings. The van der Waals surface area contributed by atoms with Gasteiger partial charge >= 0.3 is 0 Å². The molecule has 0 aliphatic carbocycles. The summed E-state index contributed by atoms with van der Waals surface area (Å²) in [6.45, 7) is 0. The first-order valence-corrected chi connectivity index (χ1v) is 8.99. The first-order valence-electron chi connectivity index (χ1n) is 7.39. The molecule has 104 valence electrons. The molecule has 2 heteroatoms. The minimum atomic E-state index is -0.312. The van der Waals surface area contributed by atoms with Gasteiger partial charge in [-0.15, -0.1) is 0 Å². The molecule has 1 nitrogen and oxygen atoms in total. The fourth-order valence-electron chi connectivity index (χ4n) is 3.11. The van der Waals surface area contributed by atoms with Crippen molar-refractivity contribution in [3.63, 3.8) is 0 Å². The molecule has 0 amide bonds. The Labute approximate surface area is 122 Å². The van der Waals surface area contributed by atoms with Crippen molar-refractivity contribution in [3.05, 3.63) is 66.2 Å². The van der Waals surface area contributed by atoms with E-state index >= 15 is 0 Å². The van der Waals surface area contributed by atoms with Crippen LogP contribution in [0.1, 0.15) is 30.9 Å². The largest absolute Gasteiger partial charge is 0.388 e. The van der Waals surface area contributed by atoms with Crippen molar-refractivity contribution in [3.8, 4) is 0 Å². The van der Waals surface area contributed by atoms with Crippen LogP contribution in [-0.4, -0.2) is 16.9 Å². The van der Waals surface area contributed by atoms with Gasteiger partial charge in [0.25, 0.3) is 0 Å². The van der Waals surface area contributed by atoms with Crippen molar-refractivity contribution in [1.29, 1.82) is 0 Å². The zero-order valence-electron chi connectivity index (χ0n) is 11.7. The molecule has 0 aromatic heterocycles. The van der Waals surface area contributed by atoms with Gasteiger partial charge in [0, 0.05) is 0 Å². The van der Waals surface area contributed by atoms with Gasteiger partial charge in [-0.25, -0.2) is 0 Å². The van der Waals surface area contributed by atoms with Crippen LogP contribution in [0.5, 0.6) is 0 Å². The van der Waals surface area contributed by atoms with Gasteiger partial charge in [0.15, 0.2) is 0 Å². The number of aliphatic hydroxyl groups excluding tert-OH is 1. The first kappa shape index (κ1) is 13.8. The molecule has 2 aromatic carbocycles. The third-order valence-electron chi connectivity index (χ3n) is 4.14. The maximum atomic E-state index is 10.5. The second-order valence-electron chi connectivity index (χ2n) is 5.49. The maximum Gasteiger partial charge on any atom is 0.0796 e. The lowest BCUT2D eigenvalue weighted by Gasteiger charge is -2.23. The molecule has 0 spiro atoms. The molecule has 3 atom stereocenters. The Morgan fingerprint density at radius 3 is 2.35 bits per heavy atom. The summed E-state index contributed by atoms with van der Waals surface area (Å²) < 4.78 is 0. The number of rotatable bonds is 4. The Bertz CT molecular complexity index is 526. The van der Waals surface area contributed by atoms with Crippen LogP contribution < -0.4 is 5.30 Å². The highest BCUT2D eigenvalue weighted by molar-refractivity contribution is 7.66. The quantitative estimate of drug-likeness (QED) is 0.839. The van der Waals surface area contributed by atoms with Gasteiger partial charge in [-0.05, 0) is 42.0 Å². The predicted octanol–water partition coefficient (Wildman–Crippen LogP) is 4.08. The molecule has 20 heavy (non-hydrogen) atoms. The summed E-state index contributed by atoms with van der Waals surface area (Å²) in [5.41, 5.74) is 1.73. The van der Waals surface area contributed by atoms with Gasteiger partial charge in [-0.3, -0.25) is 0 Å². The molecule has 1 aliphatic rings. The molecule has 1 N–H and O–H groups in total. The van der Waals surface area contributed by atoms with Gasteiger partial charge in [0.2, 0.25) is 0 Å². The molecule has 2 aromatic rings. The van der Waals surface area contributed by atoms with Crippen LogP contribution in [0.4, 0.5) is 0 Å². The van der Waals surface area contributed by atoms with Crippen LogP contribution >= 0.6 is 7.92 Å². The lowest BCUT2D eigenvalue weighted by molar-refractivity contribution is 0.166. The van der Waals surface area contributed by atoms with Crippen LogP contribution in [0.25, 0.3) is 0 Å². The van der Waals surface area contributed by atoms with Crippen molar-refractivity contribution < 1.29 is 5.11 Å². The van der Waals surface area contributed by atoms with Gasteiger partial charge in [0.1, 0.15) is 0 Å². The van der Waals surface area contributed by atoms with Crippen molar-refractivity contribution >= 4 is 13.2 Å². The summed E-state index contributed by atoms with van der Waals surface area (Å²) in [6, 6.07) is 21.0. The van der Waals surface area contributed by atoms with Crippen molar-refractivity contribution in [1.82, 2.24) is 0 Å². The summed E-state index contributed by atoms with van der Waals surface area (Å²) in [5.74, 6) is 0. The van der Waals surface area contributed by atoms with Gasteiger partial charge in [-0.1, -0.05) is 68.6 Å². The fraction of sp³-hybridized carbons (Fsp3) is 0.333. The van der Waals surface area contributed by atoms with Gasteiger partial charge in [-0.2, -0.15) is 0 Å². The second-order valence-corrected chi connectivity index (χ2v) is 8.12. The van der Waals surface area contributed by atoms with E-state index in [-0.39, 0.29) is 14.0 Å². The van der Waals surface area contributed by atoms with Crippen LogP contribution in [0.15, 0.2) is 60.7 Å². The Morgan fingerprint density at radius 2 is 1.65 bits per heavy atom. The lowest BCUT2D eigenvalue weighted by atomic mass is 10.0. The Kier molecular flexibility index (Phi) is 4.50. The molecule has 3 unspecified atom stereocenters. The minimum Gasteiger partial charge on any atom is -0.388 e. The monoisotopic (exact) mass is 284 g/mol. The SMILES string of the molecule is OC(CC1CCCP1c1ccccc1)c1ccccc1. The number of benzene rings is 2. The number of hydrogen-bond acceptors (Lipinski definition) is 1. The molecule has 0 bridgehead atoms. The van der Waals surface area contributed by atoms with E-state index in [9.17, 15) is 5.11 Å². The Morgan fingerprint density at radius 1 is 1.00 bits per heavy atom. The molecule has 1 aliphatic heterocycles. The molecular weight excluding hydrogens is 263 g/mol. The standard InChI is InChI=1S/C18H21OP/c19-18(15-8-3-1-4-9-15)14-17-12-7-13-20(17)16-10-5-2-6-11-16/h1-6,8-11,17-19H,7,12-14H2. The van der Waals surface area contributed by atoms with Crippen molar-refractivity contribution in [2.24, 2.45) is 0 Å². The molecule has 1 saturated heterocycles. The number of hydrogen-bond donors (Lipinski definition) is 1. The third-order valence-corrected chi connectivity index (χ3v) is 7.25. The Balaban J connectivity index is 1.70. The van der Waals surface area contributed by atoms with Gasteiger partial charge in [0.05, 0.1) is 6.10 Å². The van der Waals surface area contributed by atoms with E-state index in [1.54, 1.807) is 0 Å². The smallest absolute Gasteiger partial charge is 0.0796 e. The molecular formula is C18H21OP. The van der Waals surface area contributed by atoms with E-state index in [0.29, 0.717) is 5.66 Å². The normalized spacial score (nSPS) is 23.6. The Hall–Kier alpha value is -1.17. The average Bonchev–Trinajstić information content (AvgIpc) is 2.97. The van der Waals surface area contributed by atoms with E-state index in [2.05, 4.69) is 30.3 Å². The molecule has 1 heterocycles. The van der Waals surface area contributed by atoms with Crippen LogP contribution in [0, 0.1) is 0 Å². The number of aliphatic hydroxyl groups is 1. The van der Waals surface area contributed by atoms with E-state index in [1.165, 1.54) is 24.3 Å². The summed E-state index contributed by atoms with van der Waals surface area (Å²) in [5, 5.41) is 12.0. The molecule has 0 radical (unpaired) electrons. The first-order chi connectivity index (χ1) is 9.84. The molecule has 0 saturated carbocycles.